The Labute approximate surface area is 155 Å². The second kappa shape index (κ2) is 9.18. The number of carbonyl (C=O) groups is 1. The Balaban J connectivity index is 1.84. The molecule has 0 radical (unpaired) electrons. The molecule has 1 aliphatic carbocycles. The molecule has 3 N–H and O–H groups in total. The van der Waals surface area contributed by atoms with Crippen LogP contribution >= 0.6 is 15.9 Å². The molecule has 0 bridgehead atoms. The standard InChI is InChI=1S/C17H20BrN5O2/c1-21-10-16(23-20)17(24)22-12-3-6-13(7-4-12)25-14-5-2-11(9-19)15(18)8-14/h2,5,8,10,12-13,20-21H,3-4,6-7H2,1H3,(H,22,24)/b16-10-,23-20?/t12-,13-. The Hall–Kier alpha value is -2.40. The second-order valence-corrected chi connectivity index (χ2v) is 6.60. The van der Waals surface area contributed by atoms with Crippen LogP contribution in [0.3, 0.4) is 0 Å². The van der Waals surface area contributed by atoms with E-state index in [0.717, 1.165) is 35.9 Å². The molecular weight excluding hydrogens is 386 g/mol. The summed E-state index contributed by atoms with van der Waals surface area (Å²) < 4.78 is 6.69. The van der Waals surface area contributed by atoms with Crippen LogP contribution in [0.25, 0.3) is 0 Å². The lowest BCUT2D eigenvalue weighted by Crippen LogP contribution is -2.40. The Morgan fingerprint density at radius 2 is 2.16 bits per heavy atom. The normalized spacial score (nSPS) is 20.3. The second-order valence-electron chi connectivity index (χ2n) is 5.75. The molecule has 1 saturated carbocycles. The molecule has 0 spiro atoms. The number of halogens is 1. The molecule has 8 heteroatoms. The summed E-state index contributed by atoms with van der Waals surface area (Å²) in [6.45, 7) is 0. The number of nitriles is 1. The van der Waals surface area contributed by atoms with E-state index in [2.05, 4.69) is 37.7 Å². The van der Waals surface area contributed by atoms with Crippen molar-refractivity contribution in [1.29, 1.82) is 10.8 Å². The summed E-state index contributed by atoms with van der Waals surface area (Å²) in [5, 5.41) is 17.8. The van der Waals surface area contributed by atoms with Gasteiger partial charge in [-0.2, -0.15) is 10.4 Å². The molecular formula is C17H20BrN5O2. The molecule has 7 nitrogen and oxygen atoms in total. The van der Waals surface area contributed by atoms with Gasteiger partial charge in [-0.3, -0.25) is 4.79 Å². The number of hydrogen-bond donors (Lipinski definition) is 3. The van der Waals surface area contributed by atoms with Gasteiger partial charge in [0.1, 0.15) is 11.8 Å². The van der Waals surface area contributed by atoms with E-state index in [1.807, 2.05) is 0 Å². The van der Waals surface area contributed by atoms with Crippen LogP contribution in [0.4, 0.5) is 0 Å². The van der Waals surface area contributed by atoms with Gasteiger partial charge in [-0.05, 0) is 59.8 Å². The summed E-state index contributed by atoms with van der Waals surface area (Å²) in [5.74, 6) is 0.385. The van der Waals surface area contributed by atoms with Gasteiger partial charge in [-0.1, -0.05) is 0 Å². The highest BCUT2D eigenvalue weighted by Gasteiger charge is 2.24. The van der Waals surface area contributed by atoms with Crippen molar-refractivity contribution in [3.63, 3.8) is 0 Å². The van der Waals surface area contributed by atoms with E-state index in [1.54, 1.807) is 25.2 Å². The number of nitrogens with one attached hydrogen (secondary N) is 3. The van der Waals surface area contributed by atoms with E-state index < -0.39 is 0 Å². The fourth-order valence-electron chi connectivity index (χ4n) is 2.72. The van der Waals surface area contributed by atoms with Crippen LogP contribution in [0, 0.1) is 16.9 Å². The van der Waals surface area contributed by atoms with Gasteiger partial charge in [0.2, 0.25) is 0 Å². The topological polar surface area (TPSA) is 110 Å². The van der Waals surface area contributed by atoms with Crippen LogP contribution in [0.5, 0.6) is 5.75 Å². The van der Waals surface area contributed by atoms with Gasteiger partial charge in [0.25, 0.3) is 5.91 Å². The summed E-state index contributed by atoms with van der Waals surface area (Å²) >= 11 is 3.36. The number of hydrogen-bond acceptors (Lipinski definition) is 6. The minimum Gasteiger partial charge on any atom is -0.490 e. The zero-order valence-corrected chi connectivity index (χ0v) is 15.5. The molecule has 0 aromatic heterocycles. The molecule has 132 valence electrons. The summed E-state index contributed by atoms with van der Waals surface area (Å²) in [6, 6.07) is 7.48. The summed E-state index contributed by atoms with van der Waals surface area (Å²) in [7, 11) is 1.66. The maximum absolute atomic E-state index is 12.0. The van der Waals surface area contributed by atoms with E-state index in [4.69, 9.17) is 15.5 Å². The van der Waals surface area contributed by atoms with E-state index in [9.17, 15) is 4.79 Å². The van der Waals surface area contributed by atoms with Crippen molar-refractivity contribution in [2.24, 2.45) is 5.11 Å². The quantitative estimate of drug-likeness (QED) is 0.498. The fourth-order valence-corrected chi connectivity index (χ4v) is 3.17. The van der Waals surface area contributed by atoms with Crippen LogP contribution in [-0.4, -0.2) is 25.1 Å². The van der Waals surface area contributed by atoms with Crippen molar-refractivity contribution < 1.29 is 9.53 Å². The highest BCUT2D eigenvalue weighted by molar-refractivity contribution is 9.10. The minimum atomic E-state index is -0.343. The molecule has 0 unspecified atom stereocenters. The molecule has 0 aliphatic heterocycles. The third-order valence-corrected chi connectivity index (χ3v) is 4.66. The van der Waals surface area contributed by atoms with Gasteiger partial charge in [0.05, 0.1) is 11.7 Å². The Bertz CT molecular complexity index is 705. The molecule has 1 aromatic carbocycles. The van der Waals surface area contributed by atoms with Gasteiger partial charge in [-0.25, -0.2) is 5.53 Å². The maximum atomic E-state index is 12.0. The molecule has 1 amide bonds. The van der Waals surface area contributed by atoms with Crippen molar-refractivity contribution in [3.05, 3.63) is 40.1 Å². The predicted molar refractivity (Wildman–Crippen MR) is 96.0 cm³/mol. The summed E-state index contributed by atoms with van der Waals surface area (Å²) in [4.78, 5) is 12.0. The van der Waals surface area contributed by atoms with Gasteiger partial charge >= 0.3 is 0 Å². The Morgan fingerprint density at radius 1 is 1.44 bits per heavy atom. The molecule has 2 rings (SSSR count). The third kappa shape index (κ3) is 5.29. The Kier molecular flexibility index (Phi) is 6.95. The highest BCUT2D eigenvalue weighted by atomic mass is 79.9. The molecule has 1 fully saturated rings. The molecule has 0 atom stereocenters. The Morgan fingerprint density at radius 3 is 2.72 bits per heavy atom. The van der Waals surface area contributed by atoms with Crippen molar-refractivity contribution >= 4 is 21.8 Å². The van der Waals surface area contributed by atoms with Crippen molar-refractivity contribution in [3.8, 4) is 11.8 Å². The minimum absolute atomic E-state index is 0.0575. The largest absolute Gasteiger partial charge is 0.490 e. The van der Waals surface area contributed by atoms with Gasteiger partial charge in [0.15, 0.2) is 5.70 Å². The average Bonchev–Trinajstić information content (AvgIpc) is 2.61. The number of carbonyl (C=O) groups excluding carboxylic acids is 1. The average molecular weight is 406 g/mol. The smallest absolute Gasteiger partial charge is 0.273 e. The van der Waals surface area contributed by atoms with Gasteiger partial charge in [0, 0.05) is 23.8 Å². The SMILES string of the molecule is CN/C=C(\N=N)C(=O)N[C@H]1CC[C@H](Oc2ccc(C#N)c(Br)c2)CC1. The number of amides is 1. The number of ether oxygens (including phenoxy) is 1. The number of benzene rings is 1. The third-order valence-electron chi connectivity index (χ3n) is 4.01. The zero-order chi connectivity index (χ0) is 18.2. The molecule has 1 aromatic rings. The number of rotatable bonds is 6. The monoisotopic (exact) mass is 405 g/mol. The first kappa shape index (κ1) is 18.9. The van der Waals surface area contributed by atoms with Gasteiger partial charge < -0.3 is 15.4 Å². The summed E-state index contributed by atoms with van der Waals surface area (Å²) in [5.41, 5.74) is 7.66. The lowest BCUT2D eigenvalue weighted by Gasteiger charge is -2.29. The van der Waals surface area contributed by atoms with Gasteiger partial charge in [-0.15, -0.1) is 0 Å². The van der Waals surface area contributed by atoms with Crippen molar-refractivity contribution in [1.82, 2.24) is 10.6 Å². The zero-order valence-electron chi connectivity index (χ0n) is 13.9. The van der Waals surface area contributed by atoms with E-state index >= 15 is 0 Å². The van der Waals surface area contributed by atoms with E-state index in [1.165, 1.54) is 6.20 Å². The molecule has 25 heavy (non-hydrogen) atoms. The number of nitrogens with zero attached hydrogens (tertiary/aromatic N) is 2. The van der Waals surface area contributed by atoms with Crippen molar-refractivity contribution in [2.75, 3.05) is 7.05 Å². The first-order chi connectivity index (χ1) is 12.1. The first-order valence-corrected chi connectivity index (χ1v) is 8.78. The first-order valence-electron chi connectivity index (χ1n) is 7.99. The summed E-state index contributed by atoms with van der Waals surface area (Å²) in [6.07, 6.45) is 4.75. The molecule has 1 aliphatic rings. The highest BCUT2D eigenvalue weighted by Crippen LogP contribution is 2.27. The lowest BCUT2D eigenvalue weighted by molar-refractivity contribution is -0.118. The molecule has 0 saturated heterocycles. The van der Waals surface area contributed by atoms with Crippen LogP contribution < -0.4 is 15.4 Å². The van der Waals surface area contributed by atoms with E-state index in [0.29, 0.717) is 5.56 Å². The predicted octanol–water partition coefficient (Wildman–Crippen LogP) is 3.22. The van der Waals surface area contributed by atoms with Crippen LogP contribution in [0.2, 0.25) is 0 Å². The maximum Gasteiger partial charge on any atom is 0.273 e. The van der Waals surface area contributed by atoms with Crippen LogP contribution in [0.15, 0.2) is 39.7 Å². The molecule has 0 heterocycles. The fraction of sp³-hybridized carbons (Fsp3) is 0.412. The van der Waals surface area contributed by atoms with E-state index in [-0.39, 0.29) is 23.8 Å². The lowest BCUT2D eigenvalue weighted by atomic mass is 9.93. The van der Waals surface area contributed by atoms with Crippen LogP contribution in [-0.2, 0) is 4.79 Å². The van der Waals surface area contributed by atoms with Crippen molar-refractivity contribution in [2.45, 2.75) is 37.8 Å². The van der Waals surface area contributed by atoms with Crippen LogP contribution in [0.1, 0.15) is 31.2 Å².